The number of para-hydroxylation sites is 1. The molecule has 0 aliphatic heterocycles. The highest BCUT2D eigenvalue weighted by atomic mass is 32.1. The number of nitrogens with one attached hydrogen (secondary N) is 2. The van der Waals surface area contributed by atoms with Gasteiger partial charge in [0.25, 0.3) is 0 Å². The number of fused-ring (bicyclic) bond motifs is 1. The third kappa shape index (κ3) is 5.11. The summed E-state index contributed by atoms with van der Waals surface area (Å²) in [6.07, 6.45) is 2.16. The van der Waals surface area contributed by atoms with E-state index in [1.165, 1.54) is 10.3 Å². The van der Waals surface area contributed by atoms with Gasteiger partial charge in [0.05, 0.1) is 15.2 Å². The Morgan fingerprint density at radius 3 is 2.88 bits per heavy atom. The van der Waals surface area contributed by atoms with Gasteiger partial charge in [-0.2, -0.15) is 0 Å². The lowest BCUT2D eigenvalue weighted by Crippen LogP contribution is -2.13. The van der Waals surface area contributed by atoms with E-state index in [0.29, 0.717) is 6.42 Å². The fraction of sp³-hybridized carbons (Fsp3) is 0.300. The van der Waals surface area contributed by atoms with Crippen molar-refractivity contribution in [3.63, 3.8) is 0 Å². The summed E-state index contributed by atoms with van der Waals surface area (Å²) in [4.78, 5) is 16.8. The van der Waals surface area contributed by atoms with Crippen LogP contribution in [0.4, 0.5) is 5.69 Å². The van der Waals surface area contributed by atoms with Crippen molar-refractivity contribution in [2.24, 2.45) is 0 Å². The van der Waals surface area contributed by atoms with E-state index in [0.717, 1.165) is 42.1 Å². The molecule has 1 heterocycles. The molecule has 0 spiro atoms. The lowest BCUT2D eigenvalue weighted by atomic mass is 10.2. The van der Waals surface area contributed by atoms with E-state index in [2.05, 4.69) is 34.7 Å². The van der Waals surface area contributed by atoms with Gasteiger partial charge in [0, 0.05) is 18.7 Å². The first kappa shape index (κ1) is 17.6. The molecule has 4 nitrogen and oxygen atoms in total. The molecular weight excluding hydrogens is 330 g/mol. The summed E-state index contributed by atoms with van der Waals surface area (Å²) in [6, 6.07) is 16.1. The van der Waals surface area contributed by atoms with Gasteiger partial charge in [-0.05, 0) is 49.2 Å². The molecular formula is C20H23N3OS. The van der Waals surface area contributed by atoms with Crippen molar-refractivity contribution in [1.82, 2.24) is 10.3 Å². The van der Waals surface area contributed by atoms with Gasteiger partial charge in [-0.15, -0.1) is 11.3 Å². The first-order valence-electron chi connectivity index (χ1n) is 8.68. The van der Waals surface area contributed by atoms with Crippen molar-refractivity contribution < 1.29 is 4.79 Å². The van der Waals surface area contributed by atoms with Crippen LogP contribution in [-0.4, -0.2) is 17.4 Å². The molecule has 0 saturated heterocycles. The maximum absolute atomic E-state index is 12.2. The van der Waals surface area contributed by atoms with Crippen molar-refractivity contribution in [2.45, 2.75) is 32.7 Å². The molecule has 2 N–H and O–H groups in total. The van der Waals surface area contributed by atoms with Crippen molar-refractivity contribution in [3.8, 4) is 0 Å². The Bertz CT molecular complexity index is 811. The third-order valence-electron chi connectivity index (χ3n) is 3.92. The highest BCUT2D eigenvalue weighted by molar-refractivity contribution is 7.18. The van der Waals surface area contributed by atoms with Gasteiger partial charge >= 0.3 is 0 Å². The van der Waals surface area contributed by atoms with Crippen LogP contribution in [-0.2, 0) is 17.8 Å². The fourth-order valence-corrected chi connectivity index (χ4v) is 3.69. The molecule has 0 unspecified atom stereocenters. The number of carbonyl (C=O) groups is 1. The minimum absolute atomic E-state index is 0.0571. The Kier molecular flexibility index (Phi) is 6.14. The topological polar surface area (TPSA) is 54.0 Å². The minimum atomic E-state index is 0.0571. The van der Waals surface area contributed by atoms with Crippen LogP contribution in [0.5, 0.6) is 0 Å². The van der Waals surface area contributed by atoms with Crippen LogP contribution in [0.15, 0.2) is 48.5 Å². The molecule has 25 heavy (non-hydrogen) atoms. The summed E-state index contributed by atoms with van der Waals surface area (Å²) in [6.45, 7) is 3.83. The highest BCUT2D eigenvalue weighted by Gasteiger charge is 2.06. The molecule has 3 rings (SSSR count). The summed E-state index contributed by atoms with van der Waals surface area (Å²) >= 11 is 1.71. The summed E-state index contributed by atoms with van der Waals surface area (Å²) < 4.78 is 1.21. The number of hydrogen-bond acceptors (Lipinski definition) is 4. The Balaban J connectivity index is 1.47. The molecule has 130 valence electrons. The van der Waals surface area contributed by atoms with Gasteiger partial charge < -0.3 is 10.6 Å². The number of thiazole rings is 1. The molecule has 0 aliphatic rings. The predicted octanol–water partition coefficient (Wildman–Crippen LogP) is 4.37. The van der Waals surface area contributed by atoms with E-state index >= 15 is 0 Å². The summed E-state index contributed by atoms with van der Waals surface area (Å²) in [5.41, 5.74) is 3.08. The van der Waals surface area contributed by atoms with Crippen LogP contribution in [0.2, 0.25) is 0 Å². The number of anilines is 1. The molecule has 0 aliphatic carbocycles. The molecule has 0 atom stereocenters. The third-order valence-corrected chi connectivity index (χ3v) is 5.02. The molecule has 1 amide bonds. The van der Waals surface area contributed by atoms with Crippen molar-refractivity contribution in [3.05, 3.63) is 59.1 Å². The van der Waals surface area contributed by atoms with Crippen LogP contribution < -0.4 is 10.6 Å². The Morgan fingerprint density at radius 1 is 1.16 bits per heavy atom. The average Bonchev–Trinajstić information content (AvgIpc) is 3.03. The minimum Gasteiger partial charge on any atom is -0.326 e. The molecule has 3 aromatic rings. The van der Waals surface area contributed by atoms with E-state index in [1.807, 2.05) is 36.4 Å². The zero-order valence-corrected chi connectivity index (χ0v) is 15.2. The Labute approximate surface area is 152 Å². The molecule has 1 aromatic heterocycles. The van der Waals surface area contributed by atoms with Gasteiger partial charge in [-0.1, -0.05) is 31.2 Å². The van der Waals surface area contributed by atoms with E-state index in [-0.39, 0.29) is 5.91 Å². The maximum atomic E-state index is 12.2. The summed E-state index contributed by atoms with van der Waals surface area (Å²) in [5, 5.41) is 7.38. The van der Waals surface area contributed by atoms with Gasteiger partial charge in [-0.25, -0.2) is 4.98 Å². The van der Waals surface area contributed by atoms with E-state index in [1.54, 1.807) is 11.3 Å². The predicted molar refractivity (Wildman–Crippen MR) is 105 cm³/mol. The van der Waals surface area contributed by atoms with Gasteiger partial charge in [0.2, 0.25) is 5.91 Å². The van der Waals surface area contributed by atoms with Crippen LogP contribution in [0.3, 0.4) is 0 Å². The number of aromatic nitrogens is 1. The lowest BCUT2D eigenvalue weighted by molar-refractivity contribution is -0.116. The number of carbonyl (C=O) groups excluding carboxylic acids is 1. The van der Waals surface area contributed by atoms with E-state index in [4.69, 9.17) is 0 Å². The number of nitrogens with zero attached hydrogens (tertiary/aromatic N) is 1. The Morgan fingerprint density at radius 2 is 2.04 bits per heavy atom. The zero-order valence-electron chi connectivity index (χ0n) is 14.4. The number of amides is 1. The second-order valence-corrected chi connectivity index (χ2v) is 7.07. The first-order valence-corrected chi connectivity index (χ1v) is 9.50. The van der Waals surface area contributed by atoms with E-state index < -0.39 is 0 Å². The van der Waals surface area contributed by atoms with Gasteiger partial charge in [0.1, 0.15) is 0 Å². The SMILES string of the molecule is CCNCc1cccc(NC(=O)CCCc2nc3ccccc3s2)c1. The second kappa shape index (κ2) is 8.74. The molecule has 2 aromatic carbocycles. The lowest BCUT2D eigenvalue weighted by Gasteiger charge is -2.07. The molecule has 0 radical (unpaired) electrons. The van der Waals surface area contributed by atoms with E-state index in [9.17, 15) is 4.79 Å². The van der Waals surface area contributed by atoms with Crippen molar-refractivity contribution >= 4 is 33.1 Å². The van der Waals surface area contributed by atoms with Crippen LogP contribution in [0.1, 0.15) is 30.3 Å². The number of aryl methyl sites for hydroxylation is 1. The zero-order chi connectivity index (χ0) is 17.5. The molecule has 0 saturated carbocycles. The highest BCUT2D eigenvalue weighted by Crippen LogP contribution is 2.22. The standard InChI is InChI=1S/C20H23N3OS/c1-2-21-14-15-7-5-8-16(13-15)22-19(24)11-6-12-20-23-17-9-3-4-10-18(17)25-20/h3-5,7-10,13,21H,2,6,11-12,14H2,1H3,(H,22,24). The number of hydrogen-bond donors (Lipinski definition) is 2. The van der Waals surface area contributed by atoms with Crippen LogP contribution >= 0.6 is 11.3 Å². The number of rotatable bonds is 8. The summed E-state index contributed by atoms with van der Waals surface area (Å²) in [7, 11) is 0. The molecule has 0 fully saturated rings. The normalized spacial score (nSPS) is 10.9. The smallest absolute Gasteiger partial charge is 0.224 e. The van der Waals surface area contributed by atoms with Crippen LogP contribution in [0, 0.1) is 0 Å². The van der Waals surface area contributed by atoms with Crippen molar-refractivity contribution in [2.75, 3.05) is 11.9 Å². The number of benzene rings is 2. The average molecular weight is 353 g/mol. The van der Waals surface area contributed by atoms with Gasteiger partial charge in [0.15, 0.2) is 0 Å². The fourth-order valence-electron chi connectivity index (χ4n) is 2.68. The molecule has 5 heteroatoms. The Hall–Kier alpha value is -2.24. The second-order valence-electron chi connectivity index (χ2n) is 5.96. The van der Waals surface area contributed by atoms with Gasteiger partial charge in [-0.3, -0.25) is 4.79 Å². The van der Waals surface area contributed by atoms with Crippen LogP contribution in [0.25, 0.3) is 10.2 Å². The molecule has 0 bridgehead atoms. The summed E-state index contributed by atoms with van der Waals surface area (Å²) in [5.74, 6) is 0.0571. The monoisotopic (exact) mass is 353 g/mol. The quantitative estimate of drug-likeness (QED) is 0.632. The largest absolute Gasteiger partial charge is 0.326 e. The maximum Gasteiger partial charge on any atom is 0.224 e. The first-order chi connectivity index (χ1) is 12.2. The van der Waals surface area contributed by atoms with Crippen molar-refractivity contribution in [1.29, 1.82) is 0 Å².